The zero-order valence-corrected chi connectivity index (χ0v) is 13.4. The molecule has 4 nitrogen and oxygen atoms in total. The van der Waals surface area contributed by atoms with Crippen LogP contribution in [-0.2, 0) is 11.2 Å². The predicted octanol–water partition coefficient (Wildman–Crippen LogP) is 2.47. The van der Waals surface area contributed by atoms with Gasteiger partial charge in [0.25, 0.3) is 0 Å². The summed E-state index contributed by atoms with van der Waals surface area (Å²) in [6.45, 7) is 2.39. The van der Waals surface area contributed by atoms with Crippen LogP contribution in [0.15, 0.2) is 41.1 Å². The van der Waals surface area contributed by atoms with Gasteiger partial charge in [0, 0.05) is 19.6 Å². The average molecular weight is 316 g/mol. The molecule has 0 bridgehead atoms. The second-order valence-corrected chi connectivity index (χ2v) is 6.17. The van der Waals surface area contributed by atoms with Gasteiger partial charge in [-0.15, -0.1) is 0 Å². The minimum absolute atomic E-state index is 0.0887. The number of rotatable bonds is 4. The van der Waals surface area contributed by atoms with Gasteiger partial charge in [-0.3, -0.25) is 4.79 Å². The molecule has 0 aliphatic carbocycles. The summed E-state index contributed by atoms with van der Waals surface area (Å²) >= 11 is 1.63. The van der Waals surface area contributed by atoms with Gasteiger partial charge in [-0.25, -0.2) is 0 Å². The largest absolute Gasteiger partial charge is 0.497 e. The number of amides is 1. The van der Waals surface area contributed by atoms with E-state index < -0.39 is 0 Å². The maximum Gasteiger partial charge on any atom is 0.227 e. The number of carbonyl (C=O) groups is 1. The standard InChI is InChI=1S/C17H20N2O2S/c1-21-15-4-2-14(3-5-15)16-11-18-7-8-19(16)17(20)10-13-6-9-22-12-13/h2-6,9,12,16,18H,7-8,10-11H2,1H3/t16-/m1/s1. The van der Waals surface area contributed by atoms with E-state index in [0.29, 0.717) is 6.42 Å². The first-order valence-electron chi connectivity index (χ1n) is 7.43. The minimum Gasteiger partial charge on any atom is -0.497 e. The molecular weight excluding hydrogens is 296 g/mol. The topological polar surface area (TPSA) is 41.6 Å². The Kier molecular flexibility index (Phi) is 4.75. The third-order valence-corrected chi connectivity index (χ3v) is 4.73. The number of methoxy groups -OCH3 is 1. The summed E-state index contributed by atoms with van der Waals surface area (Å²) in [4.78, 5) is 14.6. The SMILES string of the molecule is COc1ccc([C@H]2CNCCN2C(=O)Cc2ccsc2)cc1. The second kappa shape index (κ2) is 6.94. The summed E-state index contributed by atoms with van der Waals surface area (Å²) < 4.78 is 5.21. The van der Waals surface area contributed by atoms with Crippen LogP contribution < -0.4 is 10.1 Å². The molecule has 1 N–H and O–H groups in total. The van der Waals surface area contributed by atoms with Gasteiger partial charge in [0.05, 0.1) is 19.6 Å². The molecule has 0 spiro atoms. The molecule has 5 heteroatoms. The van der Waals surface area contributed by atoms with E-state index in [0.717, 1.165) is 36.5 Å². The van der Waals surface area contributed by atoms with Crippen LogP contribution in [0, 0.1) is 0 Å². The van der Waals surface area contributed by atoms with Gasteiger partial charge in [0.1, 0.15) is 5.75 Å². The lowest BCUT2D eigenvalue weighted by molar-refractivity contribution is -0.133. The fourth-order valence-corrected chi connectivity index (χ4v) is 3.46. The van der Waals surface area contributed by atoms with Crippen molar-refractivity contribution >= 4 is 17.2 Å². The highest BCUT2D eigenvalue weighted by atomic mass is 32.1. The Labute approximate surface area is 134 Å². The number of thiophene rings is 1. The summed E-state index contributed by atoms with van der Waals surface area (Å²) in [5, 5.41) is 7.44. The number of hydrogen-bond donors (Lipinski definition) is 1. The molecule has 2 heterocycles. The Balaban J connectivity index is 1.76. The number of hydrogen-bond acceptors (Lipinski definition) is 4. The van der Waals surface area contributed by atoms with E-state index in [9.17, 15) is 4.79 Å². The molecule has 3 rings (SSSR count). The smallest absolute Gasteiger partial charge is 0.227 e. The van der Waals surface area contributed by atoms with Gasteiger partial charge < -0.3 is 15.0 Å². The first-order chi connectivity index (χ1) is 10.8. The van der Waals surface area contributed by atoms with Gasteiger partial charge in [-0.1, -0.05) is 12.1 Å². The maximum atomic E-state index is 12.7. The number of piperazine rings is 1. The first kappa shape index (κ1) is 15.1. The molecule has 1 aromatic heterocycles. The average Bonchev–Trinajstić information content (AvgIpc) is 3.08. The third kappa shape index (κ3) is 3.31. The van der Waals surface area contributed by atoms with Crippen molar-refractivity contribution in [3.63, 3.8) is 0 Å². The van der Waals surface area contributed by atoms with Crippen LogP contribution in [0.4, 0.5) is 0 Å². The van der Waals surface area contributed by atoms with Crippen molar-refractivity contribution in [2.24, 2.45) is 0 Å². The van der Waals surface area contributed by atoms with Crippen molar-refractivity contribution in [3.05, 3.63) is 52.2 Å². The van der Waals surface area contributed by atoms with Crippen LogP contribution in [0.3, 0.4) is 0 Å². The van der Waals surface area contributed by atoms with E-state index in [1.165, 1.54) is 0 Å². The zero-order valence-electron chi connectivity index (χ0n) is 12.6. The fourth-order valence-electron chi connectivity index (χ4n) is 2.80. The third-order valence-electron chi connectivity index (χ3n) is 4.00. The van der Waals surface area contributed by atoms with Crippen molar-refractivity contribution < 1.29 is 9.53 Å². The van der Waals surface area contributed by atoms with Crippen molar-refractivity contribution in [2.45, 2.75) is 12.5 Å². The molecule has 1 aliphatic rings. The molecule has 22 heavy (non-hydrogen) atoms. The van der Waals surface area contributed by atoms with Crippen LogP contribution in [0.2, 0.25) is 0 Å². The monoisotopic (exact) mass is 316 g/mol. The van der Waals surface area contributed by atoms with Crippen molar-refractivity contribution in [2.75, 3.05) is 26.7 Å². The molecule has 116 valence electrons. The molecule has 1 saturated heterocycles. The Bertz CT molecular complexity index is 610. The molecule has 1 fully saturated rings. The van der Waals surface area contributed by atoms with Gasteiger partial charge in [0.15, 0.2) is 0 Å². The van der Waals surface area contributed by atoms with Gasteiger partial charge in [-0.2, -0.15) is 11.3 Å². The predicted molar refractivity (Wildman–Crippen MR) is 88.3 cm³/mol. The van der Waals surface area contributed by atoms with E-state index >= 15 is 0 Å². The van der Waals surface area contributed by atoms with Crippen molar-refractivity contribution in [1.29, 1.82) is 0 Å². The number of carbonyl (C=O) groups excluding carboxylic acids is 1. The molecule has 0 unspecified atom stereocenters. The Morgan fingerprint density at radius 3 is 2.86 bits per heavy atom. The summed E-state index contributed by atoms with van der Waals surface area (Å²) in [5.74, 6) is 1.03. The molecule has 1 aliphatic heterocycles. The molecule has 0 radical (unpaired) electrons. The maximum absolute atomic E-state index is 12.7. The highest BCUT2D eigenvalue weighted by molar-refractivity contribution is 7.07. The van der Waals surface area contributed by atoms with Crippen LogP contribution in [0.25, 0.3) is 0 Å². The van der Waals surface area contributed by atoms with E-state index in [1.54, 1.807) is 18.4 Å². The van der Waals surface area contributed by atoms with Crippen molar-refractivity contribution in [1.82, 2.24) is 10.2 Å². The highest BCUT2D eigenvalue weighted by Crippen LogP contribution is 2.25. The van der Waals surface area contributed by atoms with Crippen LogP contribution in [0.5, 0.6) is 5.75 Å². The van der Waals surface area contributed by atoms with Crippen LogP contribution >= 0.6 is 11.3 Å². The Morgan fingerprint density at radius 2 is 2.18 bits per heavy atom. The summed E-state index contributed by atoms with van der Waals surface area (Å²) in [7, 11) is 1.66. The Morgan fingerprint density at radius 1 is 1.36 bits per heavy atom. The van der Waals surface area contributed by atoms with E-state index in [-0.39, 0.29) is 11.9 Å². The molecule has 2 aromatic rings. The molecule has 0 saturated carbocycles. The number of nitrogens with one attached hydrogen (secondary N) is 1. The Hall–Kier alpha value is -1.85. The van der Waals surface area contributed by atoms with E-state index in [4.69, 9.17) is 4.74 Å². The lowest BCUT2D eigenvalue weighted by Crippen LogP contribution is -2.49. The summed E-state index contributed by atoms with van der Waals surface area (Å²) in [6.07, 6.45) is 0.482. The lowest BCUT2D eigenvalue weighted by Gasteiger charge is -2.36. The van der Waals surface area contributed by atoms with E-state index in [1.807, 2.05) is 46.0 Å². The minimum atomic E-state index is 0.0887. The lowest BCUT2D eigenvalue weighted by atomic mass is 10.0. The highest BCUT2D eigenvalue weighted by Gasteiger charge is 2.27. The first-order valence-corrected chi connectivity index (χ1v) is 8.37. The van der Waals surface area contributed by atoms with Gasteiger partial charge in [-0.05, 0) is 40.1 Å². The zero-order chi connectivity index (χ0) is 15.4. The van der Waals surface area contributed by atoms with Crippen LogP contribution in [-0.4, -0.2) is 37.6 Å². The molecule has 1 atom stereocenters. The quantitative estimate of drug-likeness (QED) is 0.942. The molecular formula is C17H20N2O2S. The number of nitrogens with zero attached hydrogens (tertiary/aromatic N) is 1. The summed E-state index contributed by atoms with van der Waals surface area (Å²) in [5.41, 5.74) is 2.24. The molecule has 1 aromatic carbocycles. The number of ether oxygens (including phenoxy) is 1. The fraction of sp³-hybridized carbons (Fsp3) is 0.353. The number of benzene rings is 1. The normalized spacial score (nSPS) is 18.2. The van der Waals surface area contributed by atoms with E-state index in [2.05, 4.69) is 5.32 Å². The second-order valence-electron chi connectivity index (χ2n) is 5.39. The summed E-state index contributed by atoms with van der Waals surface area (Å²) in [6, 6.07) is 10.1. The van der Waals surface area contributed by atoms with Crippen LogP contribution in [0.1, 0.15) is 17.2 Å². The van der Waals surface area contributed by atoms with Crippen molar-refractivity contribution in [3.8, 4) is 5.75 Å². The molecule has 1 amide bonds. The van der Waals surface area contributed by atoms with Gasteiger partial charge >= 0.3 is 0 Å². The van der Waals surface area contributed by atoms with Gasteiger partial charge in [0.2, 0.25) is 5.91 Å².